The third-order valence-corrected chi connectivity index (χ3v) is 4.58. The summed E-state index contributed by atoms with van der Waals surface area (Å²) in [7, 11) is 0. The first kappa shape index (κ1) is 17.8. The van der Waals surface area contributed by atoms with E-state index in [1.54, 1.807) is 12.1 Å². The standard InChI is InChI=1S/C14H18BrClN2O.ClH/c1-14(2)8-18(6-5-12(14)17)13(19)10-7-9(15)3-4-11(10)16;/h3-4,7,12H,5-6,8,17H2,1-2H3;1H. The number of nitrogens with zero attached hydrogens (tertiary/aromatic N) is 1. The van der Waals surface area contributed by atoms with E-state index in [-0.39, 0.29) is 29.8 Å². The van der Waals surface area contributed by atoms with Gasteiger partial charge in [-0.15, -0.1) is 12.4 Å². The van der Waals surface area contributed by atoms with Gasteiger partial charge in [-0.05, 0) is 30.0 Å². The molecule has 1 aromatic carbocycles. The number of likely N-dealkylation sites (tertiary alicyclic amines) is 1. The summed E-state index contributed by atoms with van der Waals surface area (Å²) < 4.78 is 0.855. The molecule has 1 aliphatic rings. The minimum absolute atomic E-state index is 0. The summed E-state index contributed by atoms with van der Waals surface area (Å²) >= 11 is 9.49. The van der Waals surface area contributed by atoms with Crippen LogP contribution in [-0.4, -0.2) is 29.9 Å². The zero-order chi connectivity index (χ0) is 14.2. The smallest absolute Gasteiger partial charge is 0.255 e. The Morgan fingerprint density at radius 1 is 1.50 bits per heavy atom. The molecule has 1 atom stereocenters. The molecule has 1 unspecified atom stereocenters. The molecule has 0 spiro atoms. The van der Waals surface area contributed by atoms with E-state index in [1.165, 1.54) is 0 Å². The minimum Gasteiger partial charge on any atom is -0.338 e. The fourth-order valence-electron chi connectivity index (χ4n) is 2.38. The van der Waals surface area contributed by atoms with Crippen LogP contribution < -0.4 is 5.73 Å². The van der Waals surface area contributed by atoms with E-state index in [9.17, 15) is 4.79 Å². The van der Waals surface area contributed by atoms with Crippen LogP contribution in [0.3, 0.4) is 0 Å². The maximum atomic E-state index is 12.5. The fraction of sp³-hybridized carbons (Fsp3) is 0.500. The average molecular weight is 382 g/mol. The molecule has 1 fully saturated rings. The Labute approximate surface area is 139 Å². The van der Waals surface area contributed by atoms with Crippen LogP contribution in [0.4, 0.5) is 0 Å². The molecule has 0 aromatic heterocycles. The van der Waals surface area contributed by atoms with Crippen molar-refractivity contribution >= 4 is 45.8 Å². The second kappa shape index (κ2) is 6.65. The summed E-state index contributed by atoms with van der Waals surface area (Å²) in [6.07, 6.45) is 0.824. The number of rotatable bonds is 1. The first-order chi connectivity index (χ1) is 8.81. The number of hydrogen-bond acceptors (Lipinski definition) is 2. The van der Waals surface area contributed by atoms with Gasteiger partial charge in [0.15, 0.2) is 0 Å². The molecule has 1 amide bonds. The largest absolute Gasteiger partial charge is 0.338 e. The van der Waals surface area contributed by atoms with E-state index in [0.29, 0.717) is 23.7 Å². The number of carbonyl (C=O) groups is 1. The van der Waals surface area contributed by atoms with Gasteiger partial charge in [-0.3, -0.25) is 4.79 Å². The normalized spacial score (nSPS) is 21.2. The number of piperidine rings is 1. The second-order valence-corrected chi connectivity index (χ2v) is 7.06. The van der Waals surface area contributed by atoms with E-state index in [4.69, 9.17) is 17.3 Å². The summed E-state index contributed by atoms with van der Waals surface area (Å²) in [6, 6.07) is 5.47. The Morgan fingerprint density at radius 3 is 2.75 bits per heavy atom. The maximum Gasteiger partial charge on any atom is 0.255 e. The number of nitrogens with two attached hydrogens (primary N) is 1. The van der Waals surface area contributed by atoms with Crippen molar-refractivity contribution in [2.45, 2.75) is 26.3 Å². The molecular weight excluding hydrogens is 363 g/mol. The Kier molecular flexibility index (Phi) is 5.90. The molecule has 112 valence electrons. The van der Waals surface area contributed by atoms with E-state index < -0.39 is 0 Å². The van der Waals surface area contributed by atoms with Gasteiger partial charge in [0.2, 0.25) is 0 Å². The van der Waals surface area contributed by atoms with Crippen molar-refractivity contribution in [1.82, 2.24) is 4.90 Å². The zero-order valence-electron chi connectivity index (χ0n) is 11.5. The molecule has 2 N–H and O–H groups in total. The molecule has 0 radical (unpaired) electrons. The van der Waals surface area contributed by atoms with Gasteiger partial charge >= 0.3 is 0 Å². The first-order valence-electron chi connectivity index (χ1n) is 6.31. The summed E-state index contributed by atoms with van der Waals surface area (Å²) in [5.41, 5.74) is 6.58. The monoisotopic (exact) mass is 380 g/mol. The fourth-order valence-corrected chi connectivity index (χ4v) is 2.94. The lowest BCUT2D eigenvalue weighted by Gasteiger charge is -2.42. The second-order valence-electron chi connectivity index (χ2n) is 5.73. The van der Waals surface area contributed by atoms with Gasteiger partial charge in [0.1, 0.15) is 0 Å². The van der Waals surface area contributed by atoms with Gasteiger partial charge in [0.05, 0.1) is 10.6 Å². The highest BCUT2D eigenvalue weighted by Crippen LogP contribution is 2.30. The Balaban J connectivity index is 0.00000200. The Bertz CT molecular complexity index is 508. The lowest BCUT2D eigenvalue weighted by Crippen LogP contribution is -2.54. The predicted molar refractivity (Wildman–Crippen MR) is 88.7 cm³/mol. The molecule has 1 aromatic rings. The highest BCUT2D eigenvalue weighted by molar-refractivity contribution is 9.10. The molecule has 1 saturated heterocycles. The molecule has 0 bridgehead atoms. The Morgan fingerprint density at radius 2 is 2.15 bits per heavy atom. The van der Waals surface area contributed by atoms with Crippen molar-refractivity contribution < 1.29 is 4.79 Å². The molecule has 0 saturated carbocycles. The van der Waals surface area contributed by atoms with Crippen molar-refractivity contribution in [2.24, 2.45) is 11.1 Å². The van der Waals surface area contributed by atoms with Crippen LogP contribution in [0.2, 0.25) is 5.02 Å². The number of amides is 1. The summed E-state index contributed by atoms with van der Waals surface area (Å²) in [5, 5.41) is 0.487. The highest BCUT2D eigenvalue weighted by atomic mass is 79.9. The van der Waals surface area contributed by atoms with Gasteiger partial charge in [-0.2, -0.15) is 0 Å². The first-order valence-corrected chi connectivity index (χ1v) is 7.48. The molecule has 20 heavy (non-hydrogen) atoms. The van der Waals surface area contributed by atoms with Crippen molar-refractivity contribution in [3.63, 3.8) is 0 Å². The van der Waals surface area contributed by atoms with E-state index in [0.717, 1.165) is 10.9 Å². The van der Waals surface area contributed by atoms with Crippen LogP contribution in [0.25, 0.3) is 0 Å². The lowest BCUT2D eigenvalue weighted by molar-refractivity contribution is 0.0533. The number of carbonyl (C=O) groups excluding carboxylic acids is 1. The number of halogens is 3. The van der Waals surface area contributed by atoms with Crippen molar-refractivity contribution in [3.8, 4) is 0 Å². The molecule has 1 aliphatic heterocycles. The summed E-state index contributed by atoms with van der Waals surface area (Å²) in [5.74, 6) is -0.0220. The van der Waals surface area contributed by atoms with Crippen LogP contribution in [0.15, 0.2) is 22.7 Å². The topological polar surface area (TPSA) is 46.3 Å². The molecule has 6 heteroatoms. The average Bonchev–Trinajstić information content (AvgIpc) is 2.35. The van der Waals surface area contributed by atoms with Crippen LogP contribution >= 0.6 is 39.9 Å². The van der Waals surface area contributed by atoms with Gasteiger partial charge < -0.3 is 10.6 Å². The maximum absolute atomic E-state index is 12.5. The summed E-state index contributed by atoms with van der Waals surface area (Å²) in [6.45, 7) is 5.54. The van der Waals surface area contributed by atoms with Gasteiger partial charge in [0, 0.05) is 23.6 Å². The predicted octanol–water partition coefficient (Wildman–Crippen LogP) is 3.72. The number of benzene rings is 1. The lowest BCUT2D eigenvalue weighted by atomic mass is 9.79. The van der Waals surface area contributed by atoms with Gasteiger partial charge in [-0.25, -0.2) is 0 Å². The van der Waals surface area contributed by atoms with Crippen molar-refractivity contribution in [3.05, 3.63) is 33.3 Å². The zero-order valence-corrected chi connectivity index (χ0v) is 14.7. The van der Waals surface area contributed by atoms with Crippen LogP contribution in [0.1, 0.15) is 30.6 Å². The Hall–Kier alpha value is -0.290. The molecule has 2 rings (SSSR count). The molecule has 3 nitrogen and oxygen atoms in total. The van der Waals surface area contributed by atoms with Gasteiger partial charge in [0.25, 0.3) is 5.91 Å². The third kappa shape index (κ3) is 3.67. The SMILES string of the molecule is CC1(C)CN(C(=O)c2cc(Br)ccc2Cl)CCC1N.Cl. The minimum atomic E-state index is -0.0631. The molecule has 1 heterocycles. The quantitative estimate of drug-likeness (QED) is 0.805. The number of hydrogen-bond donors (Lipinski definition) is 1. The van der Waals surface area contributed by atoms with Gasteiger partial charge in [-0.1, -0.05) is 41.4 Å². The van der Waals surface area contributed by atoms with E-state index in [2.05, 4.69) is 29.8 Å². The van der Waals surface area contributed by atoms with Crippen molar-refractivity contribution in [2.75, 3.05) is 13.1 Å². The molecular formula is C14H19BrCl2N2O. The van der Waals surface area contributed by atoms with E-state index in [1.807, 2.05) is 11.0 Å². The van der Waals surface area contributed by atoms with Crippen molar-refractivity contribution in [1.29, 1.82) is 0 Å². The third-order valence-electron chi connectivity index (χ3n) is 3.76. The van der Waals surface area contributed by atoms with Crippen LogP contribution in [0.5, 0.6) is 0 Å². The molecule has 0 aliphatic carbocycles. The van der Waals surface area contributed by atoms with Crippen LogP contribution in [-0.2, 0) is 0 Å². The van der Waals surface area contributed by atoms with Crippen LogP contribution in [0, 0.1) is 5.41 Å². The highest BCUT2D eigenvalue weighted by Gasteiger charge is 2.35. The summed E-state index contributed by atoms with van der Waals surface area (Å²) in [4.78, 5) is 14.4. The van der Waals surface area contributed by atoms with E-state index >= 15 is 0 Å².